The lowest BCUT2D eigenvalue weighted by atomic mass is 9.90. The summed E-state index contributed by atoms with van der Waals surface area (Å²) in [4.78, 5) is 0. The number of thioether (sulfide) groups is 1. The number of nitrogens with one attached hydrogen (secondary N) is 1. The monoisotopic (exact) mass is 291 g/mol. The van der Waals surface area contributed by atoms with Crippen molar-refractivity contribution < 1.29 is 4.74 Å². The van der Waals surface area contributed by atoms with Crippen molar-refractivity contribution in [2.75, 3.05) is 24.6 Å². The molecule has 2 nitrogen and oxygen atoms in total. The van der Waals surface area contributed by atoms with E-state index in [1.54, 1.807) is 0 Å². The van der Waals surface area contributed by atoms with Gasteiger partial charge in [0.05, 0.1) is 0 Å². The second-order valence-electron chi connectivity index (χ2n) is 5.93. The molecular weight excluding hydrogens is 266 g/mol. The first-order valence-corrected chi connectivity index (χ1v) is 9.10. The van der Waals surface area contributed by atoms with Gasteiger partial charge in [-0.15, -0.1) is 0 Å². The molecule has 2 heterocycles. The molecule has 2 fully saturated rings. The maximum Gasteiger partial charge on any atom is 0.122 e. The van der Waals surface area contributed by atoms with Gasteiger partial charge in [-0.3, -0.25) is 0 Å². The maximum absolute atomic E-state index is 6.30. The van der Waals surface area contributed by atoms with Crippen molar-refractivity contribution in [3.63, 3.8) is 0 Å². The molecule has 0 radical (unpaired) electrons. The van der Waals surface area contributed by atoms with Crippen LogP contribution in [0.3, 0.4) is 0 Å². The van der Waals surface area contributed by atoms with Gasteiger partial charge in [0.1, 0.15) is 11.9 Å². The Morgan fingerprint density at radius 3 is 2.60 bits per heavy atom. The maximum atomic E-state index is 6.30. The summed E-state index contributed by atoms with van der Waals surface area (Å²) in [5, 5.41) is 3.45. The fourth-order valence-electron chi connectivity index (χ4n) is 3.16. The van der Waals surface area contributed by atoms with Crippen LogP contribution in [0, 0.1) is 5.92 Å². The molecule has 1 aromatic carbocycles. The number of para-hydroxylation sites is 1. The average molecular weight is 291 g/mol. The van der Waals surface area contributed by atoms with E-state index in [1.165, 1.54) is 62.3 Å². The minimum absolute atomic E-state index is 0.436. The molecule has 0 atom stereocenters. The zero-order valence-corrected chi connectivity index (χ0v) is 13.0. The highest BCUT2D eigenvalue weighted by molar-refractivity contribution is 7.99. The molecule has 0 saturated carbocycles. The minimum atomic E-state index is 0.436. The summed E-state index contributed by atoms with van der Waals surface area (Å²) in [5.74, 6) is 4.47. The zero-order valence-electron chi connectivity index (χ0n) is 12.1. The fraction of sp³-hybridized carbons (Fsp3) is 0.647. The van der Waals surface area contributed by atoms with E-state index in [9.17, 15) is 0 Å². The van der Waals surface area contributed by atoms with Crippen LogP contribution in [0.1, 0.15) is 31.2 Å². The summed E-state index contributed by atoms with van der Waals surface area (Å²) in [6, 6.07) is 8.69. The second-order valence-corrected chi connectivity index (χ2v) is 7.16. The third-order valence-corrected chi connectivity index (χ3v) is 5.45. The van der Waals surface area contributed by atoms with Gasteiger partial charge >= 0.3 is 0 Å². The van der Waals surface area contributed by atoms with Crippen molar-refractivity contribution in [3.8, 4) is 5.75 Å². The van der Waals surface area contributed by atoms with Gasteiger partial charge in [-0.25, -0.2) is 0 Å². The lowest BCUT2D eigenvalue weighted by Gasteiger charge is -2.26. The van der Waals surface area contributed by atoms with Gasteiger partial charge in [-0.2, -0.15) is 11.8 Å². The lowest BCUT2D eigenvalue weighted by Crippen LogP contribution is -2.29. The first-order chi connectivity index (χ1) is 9.92. The van der Waals surface area contributed by atoms with Crippen LogP contribution in [0.5, 0.6) is 5.75 Å². The van der Waals surface area contributed by atoms with E-state index in [0.717, 1.165) is 11.7 Å². The minimum Gasteiger partial charge on any atom is -0.490 e. The van der Waals surface area contributed by atoms with Crippen molar-refractivity contribution in [3.05, 3.63) is 29.8 Å². The largest absolute Gasteiger partial charge is 0.490 e. The number of benzene rings is 1. The van der Waals surface area contributed by atoms with Crippen LogP contribution in [-0.2, 0) is 6.42 Å². The summed E-state index contributed by atoms with van der Waals surface area (Å²) in [6.45, 7) is 2.35. The Labute approximate surface area is 126 Å². The van der Waals surface area contributed by atoms with E-state index >= 15 is 0 Å². The molecule has 3 heteroatoms. The first-order valence-electron chi connectivity index (χ1n) is 7.95. The number of piperidine rings is 1. The summed E-state index contributed by atoms with van der Waals surface area (Å²) in [6.07, 6.45) is 6.62. The molecule has 110 valence electrons. The number of ether oxygens (including phenoxy) is 1. The number of rotatable bonds is 4. The Morgan fingerprint density at radius 1 is 1.05 bits per heavy atom. The van der Waals surface area contributed by atoms with E-state index < -0.39 is 0 Å². The van der Waals surface area contributed by atoms with Crippen molar-refractivity contribution in [2.45, 2.75) is 38.2 Å². The molecule has 1 N–H and O–H groups in total. The van der Waals surface area contributed by atoms with Crippen molar-refractivity contribution in [1.82, 2.24) is 5.32 Å². The van der Waals surface area contributed by atoms with Crippen LogP contribution in [-0.4, -0.2) is 30.7 Å². The summed E-state index contributed by atoms with van der Waals surface area (Å²) >= 11 is 2.05. The number of hydrogen-bond donors (Lipinski definition) is 1. The van der Waals surface area contributed by atoms with E-state index in [-0.39, 0.29) is 0 Å². The molecule has 0 unspecified atom stereocenters. The van der Waals surface area contributed by atoms with E-state index in [1.807, 2.05) is 0 Å². The van der Waals surface area contributed by atoms with E-state index in [2.05, 4.69) is 41.3 Å². The molecule has 0 aromatic heterocycles. The number of hydrogen-bond acceptors (Lipinski definition) is 3. The second kappa shape index (κ2) is 7.37. The van der Waals surface area contributed by atoms with Gasteiger partial charge < -0.3 is 10.1 Å². The summed E-state index contributed by atoms with van der Waals surface area (Å²) < 4.78 is 6.30. The molecule has 20 heavy (non-hydrogen) atoms. The van der Waals surface area contributed by atoms with Gasteiger partial charge in [-0.1, -0.05) is 18.2 Å². The van der Waals surface area contributed by atoms with Crippen molar-refractivity contribution in [2.24, 2.45) is 5.92 Å². The van der Waals surface area contributed by atoms with Crippen molar-refractivity contribution in [1.29, 1.82) is 0 Å². The molecule has 2 aliphatic heterocycles. The highest BCUT2D eigenvalue weighted by atomic mass is 32.2. The van der Waals surface area contributed by atoms with E-state index in [4.69, 9.17) is 4.74 Å². The molecule has 2 aliphatic rings. The first kappa shape index (κ1) is 14.3. The Balaban J connectivity index is 1.63. The van der Waals surface area contributed by atoms with Crippen LogP contribution < -0.4 is 10.1 Å². The quantitative estimate of drug-likeness (QED) is 0.917. The normalized spacial score (nSPS) is 21.8. The summed E-state index contributed by atoms with van der Waals surface area (Å²) in [5.41, 5.74) is 1.41. The molecule has 0 aliphatic carbocycles. The van der Waals surface area contributed by atoms with Crippen molar-refractivity contribution >= 4 is 11.8 Å². The molecule has 2 saturated heterocycles. The zero-order chi connectivity index (χ0) is 13.6. The third kappa shape index (κ3) is 3.92. The Kier molecular flexibility index (Phi) is 5.26. The Bertz CT molecular complexity index is 372. The predicted molar refractivity (Wildman–Crippen MR) is 86.7 cm³/mol. The predicted octanol–water partition coefficient (Wildman–Crippen LogP) is 3.50. The van der Waals surface area contributed by atoms with Gasteiger partial charge in [-0.05, 0) is 74.2 Å². The molecule has 0 amide bonds. The SMILES string of the molecule is c1ccc(OC2CCSCC2)c(CC2CCNCC2)c1. The Morgan fingerprint density at radius 2 is 1.80 bits per heavy atom. The Hall–Kier alpha value is -0.670. The summed E-state index contributed by atoms with van der Waals surface area (Å²) in [7, 11) is 0. The van der Waals surface area contributed by atoms with E-state index in [0.29, 0.717) is 6.10 Å². The van der Waals surface area contributed by atoms with Crippen LogP contribution in [0.2, 0.25) is 0 Å². The highest BCUT2D eigenvalue weighted by Gasteiger charge is 2.19. The fourth-order valence-corrected chi connectivity index (χ4v) is 4.22. The third-order valence-electron chi connectivity index (χ3n) is 4.40. The molecule has 0 spiro atoms. The highest BCUT2D eigenvalue weighted by Crippen LogP contribution is 2.28. The molecule has 3 rings (SSSR count). The van der Waals surface area contributed by atoms with Gasteiger partial charge in [0.25, 0.3) is 0 Å². The standard InChI is InChI=1S/C17H25NOS/c1-2-4-17(19-16-7-11-20-12-8-16)15(3-1)13-14-5-9-18-10-6-14/h1-4,14,16,18H,5-13H2. The van der Waals surface area contributed by atoms with Gasteiger partial charge in [0.15, 0.2) is 0 Å². The topological polar surface area (TPSA) is 21.3 Å². The van der Waals surface area contributed by atoms with Crippen LogP contribution in [0.4, 0.5) is 0 Å². The molecular formula is C17H25NOS. The van der Waals surface area contributed by atoms with Gasteiger partial charge in [0.2, 0.25) is 0 Å². The average Bonchev–Trinajstić information content (AvgIpc) is 2.51. The molecule has 0 bridgehead atoms. The van der Waals surface area contributed by atoms with Gasteiger partial charge in [0, 0.05) is 0 Å². The molecule has 1 aromatic rings. The van der Waals surface area contributed by atoms with Crippen LogP contribution in [0.15, 0.2) is 24.3 Å². The van der Waals surface area contributed by atoms with Crippen LogP contribution in [0.25, 0.3) is 0 Å². The lowest BCUT2D eigenvalue weighted by molar-refractivity contribution is 0.189. The van der Waals surface area contributed by atoms with Crippen LogP contribution >= 0.6 is 11.8 Å². The smallest absolute Gasteiger partial charge is 0.122 e.